The maximum atomic E-state index is 12.9. The van der Waals surface area contributed by atoms with Gasteiger partial charge in [0.1, 0.15) is 11.0 Å². The van der Waals surface area contributed by atoms with Gasteiger partial charge in [-0.25, -0.2) is 0 Å². The summed E-state index contributed by atoms with van der Waals surface area (Å²) in [6, 6.07) is 27.4. The molecule has 3 nitrogen and oxygen atoms in total. The third kappa shape index (κ3) is 4.90. The zero-order chi connectivity index (χ0) is 18.2. The van der Waals surface area contributed by atoms with Gasteiger partial charge in [-0.3, -0.25) is 4.79 Å². The van der Waals surface area contributed by atoms with Gasteiger partial charge in [0.25, 0.3) is 0 Å². The summed E-state index contributed by atoms with van der Waals surface area (Å²) in [7, 11) is 1.66. The normalized spacial score (nSPS) is 11.6. The minimum atomic E-state index is -0.289. The van der Waals surface area contributed by atoms with Crippen molar-refractivity contribution < 1.29 is 9.53 Å². The number of carbonyl (C=O) groups excluding carboxylic acids is 1. The van der Waals surface area contributed by atoms with Crippen LogP contribution in [0.1, 0.15) is 16.4 Å². The van der Waals surface area contributed by atoms with Crippen molar-refractivity contribution in [3.63, 3.8) is 0 Å². The van der Waals surface area contributed by atoms with Crippen LogP contribution in [0.2, 0.25) is 0 Å². The van der Waals surface area contributed by atoms with Gasteiger partial charge in [-0.15, -0.1) is 11.8 Å². The highest BCUT2D eigenvalue weighted by atomic mass is 32.2. The van der Waals surface area contributed by atoms with Gasteiger partial charge in [-0.05, 0) is 35.4 Å². The maximum absolute atomic E-state index is 12.9. The summed E-state index contributed by atoms with van der Waals surface area (Å²) in [5.74, 6) is 1.53. The van der Waals surface area contributed by atoms with Crippen LogP contribution in [0.15, 0.2) is 84.9 Å². The van der Waals surface area contributed by atoms with Gasteiger partial charge in [0.15, 0.2) is 0 Å². The van der Waals surface area contributed by atoms with Crippen LogP contribution in [0.3, 0.4) is 0 Å². The van der Waals surface area contributed by atoms with Crippen LogP contribution in [-0.4, -0.2) is 13.0 Å². The van der Waals surface area contributed by atoms with Crippen LogP contribution < -0.4 is 10.1 Å². The fourth-order valence-corrected chi connectivity index (χ4v) is 3.72. The number of anilines is 1. The fourth-order valence-electron chi connectivity index (χ4n) is 2.62. The van der Waals surface area contributed by atoms with Crippen molar-refractivity contribution in [1.82, 2.24) is 0 Å². The van der Waals surface area contributed by atoms with Crippen molar-refractivity contribution in [1.29, 1.82) is 0 Å². The highest BCUT2D eigenvalue weighted by molar-refractivity contribution is 7.99. The first kappa shape index (κ1) is 18.1. The van der Waals surface area contributed by atoms with Gasteiger partial charge >= 0.3 is 0 Å². The lowest BCUT2D eigenvalue weighted by molar-refractivity contribution is -0.115. The van der Waals surface area contributed by atoms with Crippen LogP contribution >= 0.6 is 11.8 Å². The summed E-state index contributed by atoms with van der Waals surface area (Å²) in [6.07, 6.45) is 0. The molecule has 4 heteroatoms. The van der Waals surface area contributed by atoms with E-state index in [0.29, 0.717) is 0 Å². The summed E-state index contributed by atoms with van der Waals surface area (Å²) in [6.45, 7) is 0. The van der Waals surface area contributed by atoms with Crippen LogP contribution in [-0.2, 0) is 10.5 Å². The lowest BCUT2D eigenvalue weighted by Crippen LogP contribution is -2.19. The Bertz CT molecular complexity index is 837. The summed E-state index contributed by atoms with van der Waals surface area (Å²) in [5, 5.41) is 2.73. The molecule has 3 aromatic carbocycles. The van der Waals surface area contributed by atoms with Crippen molar-refractivity contribution in [3.8, 4) is 5.75 Å². The van der Waals surface area contributed by atoms with Crippen molar-refractivity contribution in [2.75, 3.05) is 12.4 Å². The van der Waals surface area contributed by atoms with E-state index in [9.17, 15) is 4.79 Å². The summed E-state index contributed by atoms with van der Waals surface area (Å²) < 4.78 is 5.28. The maximum Gasteiger partial charge on any atom is 0.242 e. The Morgan fingerprint density at radius 2 is 1.65 bits per heavy atom. The van der Waals surface area contributed by atoms with Gasteiger partial charge < -0.3 is 10.1 Å². The molecule has 1 N–H and O–H groups in total. The van der Waals surface area contributed by atoms with Gasteiger partial charge in [0.2, 0.25) is 5.91 Å². The summed E-state index contributed by atoms with van der Waals surface area (Å²) >= 11 is 1.61. The first-order valence-electron chi connectivity index (χ1n) is 8.41. The van der Waals surface area contributed by atoms with Gasteiger partial charge in [-0.1, -0.05) is 60.7 Å². The fraction of sp³-hybridized carbons (Fsp3) is 0.136. The number of thioether (sulfide) groups is 1. The molecular weight excluding hydrogens is 342 g/mol. The number of nitrogens with one attached hydrogen (secondary N) is 1. The Balaban J connectivity index is 1.76. The molecule has 0 aliphatic rings. The second-order valence-corrected chi connectivity index (χ2v) is 6.90. The predicted octanol–water partition coefficient (Wildman–Crippen LogP) is 5.31. The first-order valence-corrected chi connectivity index (χ1v) is 9.46. The monoisotopic (exact) mass is 363 g/mol. The number of carbonyl (C=O) groups is 1. The molecule has 26 heavy (non-hydrogen) atoms. The highest BCUT2D eigenvalue weighted by Crippen LogP contribution is 2.33. The second kappa shape index (κ2) is 9.11. The number of amides is 1. The molecule has 0 aliphatic carbocycles. The minimum absolute atomic E-state index is 0.0182. The second-order valence-electron chi connectivity index (χ2n) is 5.81. The zero-order valence-electron chi connectivity index (χ0n) is 14.6. The van der Waals surface area contributed by atoms with E-state index in [1.165, 1.54) is 0 Å². The number of para-hydroxylation sites is 1. The Kier molecular flexibility index (Phi) is 6.34. The summed E-state index contributed by atoms with van der Waals surface area (Å²) in [5.41, 5.74) is 2.93. The molecule has 1 unspecified atom stereocenters. The number of benzene rings is 3. The summed E-state index contributed by atoms with van der Waals surface area (Å²) in [4.78, 5) is 12.9. The number of hydrogen-bond donors (Lipinski definition) is 1. The predicted molar refractivity (Wildman–Crippen MR) is 109 cm³/mol. The average molecular weight is 363 g/mol. The molecule has 0 bridgehead atoms. The van der Waals surface area contributed by atoms with Crippen molar-refractivity contribution >= 4 is 23.4 Å². The molecule has 1 amide bonds. The van der Waals surface area contributed by atoms with Crippen LogP contribution in [0.4, 0.5) is 5.69 Å². The smallest absolute Gasteiger partial charge is 0.242 e. The molecule has 0 saturated heterocycles. The largest absolute Gasteiger partial charge is 0.497 e. The minimum Gasteiger partial charge on any atom is -0.497 e. The highest BCUT2D eigenvalue weighted by Gasteiger charge is 2.21. The standard InChI is InChI=1S/C22H21NO2S/c1-25-20-14-8-9-17(15-20)16-26-21(18-10-4-2-5-11-18)22(24)23-19-12-6-3-7-13-19/h2-15,21H,16H2,1H3,(H,23,24). The Morgan fingerprint density at radius 1 is 0.962 bits per heavy atom. The van der Waals surface area contributed by atoms with E-state index >= 15 is 0 Å². The van der Waals surface area contributed by atoms with Gasteiger partial charge in [0.05, 0.1) is 7.11 Å². The molecule has 3 rings (SSSR count). The number of ether oxygens (including phenoxy) is 1. The van der Waals surface area contributed by atoms with Gasteiger partial charge in [-0.2, -0.15) is 0 Å². The van der Waals surface area contributed by atoms with E-state index in [-0.39, 0.29) is 11.2 Å². The number of rotatable bonds is 7. The molecule has 0 radical (unpaired) electrons. The van der Waals surface area contributed by atoms with E-state index < -0.39 is 0 Å². The van der Waals surface area contributed by atoms with E-state index in [1.807, 2.05) is 84.9 Å². The number of methoxy groups -OCH3 is 1. The number of hydrogen-bond acceptors (Lipinski definition) is 3. The molecule has 0 saturated carbocycles. The first-order chi connectivity index (χ1) is 12.8. The van der Waals surface area contributed by atoms with E-state index in [0.717, 1.165) is 28.3 Å². The van der Waals surface area contributed by atoms with E-state index in [2.05, 4.69) is 5.32 Å². The molecule has 0 aliphatic heterocycles. The molecule has 0 spiro atoms. The Hall–Kier alpha value is -2.72. The Labute approximate surface area is 158 Å². The molecule has 132 valence electrons. The molecule has 0 aromatic heterocycles. The quantitative estimate of drug-likeness (QED) is 0.618. The van der Waals surface area contributed by atoms with Gasteiger partial charge in [0, 0.05) is 11.4 Å². The van der Waals surface area contributed by atoms with E-state index in [1.54, 1.807) is 18.9 Å². The van der Waals surface area contributed by atoms with Crippen LogP contribution in [0, 0.1) is 0 Å². The van der Waals surface area contributed by atoms with E-state index in [4.69, 9.17) is 4.74 Å². The lowest BCUT2D eigenvalue weighted by atomic mass is 10.1. The lowest BCUT2D eigenvalue weighted by Gasteiger charge is -2.17. The Morgan fingerprint density at radius 3 is 2.35 bits per heavy atom. The zero-order valence-corrected chi connectivity index (χ0v) is 15.4. The SMILES string of the molecule is COc1cccc(CSC(C(=O)Nc2ccccc2)c2ccccc2)c1. The van der Waals surface area contributed by atoms with Crippen molar-refractivity contribution in [2.24, 2.45) is 0 Å². The van der Waals surface area contributed by atoms with Crippen molar-refractivity contribution in [2.45, 2.75) is 11.0 Å². The molecule has 1 atom stereocenters. The molecular formula is C22H21NO2S. The van der Waals surface area contributed by atoms with Crippen molar-refractivity contribution in [3.05, 3.63) is 96.1 Å². The topological polar surface area (TPSA) is 38.3 Å². The third-order valence-electron chi connectivity index (χ3n) is 3.93. The van der Waals surface area contributed by atoms with Crippen LogP contribution in [0.25, 0.3) is 0 Å². The molecule has 0 heterocycles. The van der Waals surface area contributed by atoms with Crippen LogP contribution in [0.5, 0.6) is 5.75 Å². The molecule has 0 fully saturated rings. The molecule has 3 aromatic rings. The third-order valence-corrected chi connectivity index (χ3v) is 5.25. The average Bonchev–Trinajstić information content (AvgIpc) is 2.70.